The zero-order valence-electron chi connectivity index (χ0n) is 12.5. The van der Waals surface area contributed by atoms with Crippen molar-refractivity contribution in [2.24, 2.45) is 0 Å². The molecule has 0 bridgehead atoms. The third-order valence-electron chi connectivity index (χ3n) is 2.86. The summed E-state index contributed by atoms with van der Waals surface area (Å²) in [5, 5.41) is 7.72. The second kappa shape index (κ2) is 9.13. The number of carboxylic acids is 1. The van der Waals surface area contributed by atoms with Crippen LogP contribution in [0.5, 0.6) is 0 Å². The number of benzene rings is 1. The molecule has 0 aliphatic heterocycles. The predicted octanol–water partition coefficient (Wildman–Crippen LogP) is 3.75. The van der Waals surface area contributed by atoms with E-state index in [2.05, 4.69) is 24.0 Å². The Morgan fingerprint density at radius 2 is 1.90 bits per heavy atom. The minimum Gasteiger partial charge on any atom is -0.481 e. The summed E-state index contributed by atoms with van der Waals surface area (Å²) in [5.74, 6) is -0.745. The summed E-state index contributed by atoms with van der Waals surface area (Å²) >= 11 is 1.75. The predicted molar refractivity (Wildman–Crippen MR) is 87.7 cm³/mol. The molecule has 21 heavy (non-hydrogen) atoms. The fourth-order valence-electron chi connectivity index (χ4n) is 1.70. The van der Waals surface area contributed by atoms with Gasteiger partial charge in [-0.25, -0.2) is 4.98 Å². The fraction of sp³-hybridized carbons (Fsp3) is 0.375. The van der Waals surface area contributed by atoms with Crippen LogP contribution in [0, 0.1) is 0 Å². The normalized spacial score (nSPS) is 9.81. The molecule has 5 heteroatoms. The molecule has 0 saturated heterocycles. The Kier molecular flexibility index (Phi) is 7.46. The van der Waals surface area contributed by atoms with E-state index in [9.17, 15) is 4.79 Å². The Labute approximate surface area is 129 Å². The number of aryl methyl sites for hydroxylation is 1. The van der Waals surface area contributed by atoms with Gasteiger partial charge < -0.3 is 10.8 Å². The third-order valence-corrected chi connectivity index (χ3v) is 3.73. The molecule has 0 saturated carbocycles. The van der Waals surface area contributed by atoms with Gasteiger partial charge in [-0.1, -0.05) is 32.4 Å². The first kappa shape index (κ1) is 17.2. The van der Waals surface area contributed by atoms with Gasteiger partial charge >= 0.3 is 5.97 Å². The molecule has 1 heterocycles. The van der Waals surface area contributed by atoms with Crippen molar-refractivity contribution < 1.29 is 9.90 Å². The van der Waals surface area contributed by atoms with Crippen molar-refractivity contribution in [2.75, 3.05) is 5.73 Å². The monoisotopic (exact) mass is 306 g/mol. The van der Waals surface area contributed by atoms with Crippen molar-refractivity contribution in [1.29, 1.82) is 0 Å². The van der Waals surface area contributed by atoms with Crippen LogP contribution in [0.15, 0.2) is 29.8 Å². The minimum atomic E-state index is -0.745. The van der Waals surface area contributed by atoms with Gasteiger partial charge in [-0.05, 0) is 24.1 Å². The molecule has 0 fully saturated rings. The van der Waals surface area contributed by atoms with Gasteiger partial charge in [-0.3, -0.25) is 4.79 Å². The molecule has 0 aliphatic rings. The number of thiazole rings is 1. The number of hydrogen-bond donors (Lipinski definition) is 2. The van der Waals surface area contributed by atoms with E-state index in [1.54, 1.807) is 18.3 Å². The lowest BCUT2D eigenvalue weighted by atomic mass is 10.1. The van der Waals surface area contributed by atoms with Gasteiger partial charge in [-0.2, -0.15) is 0 Å². The topological polar surface area (TPSA) is 76.2 Å². The first-order valence-corrected chi connectivity index (χ1v) is 7.92. The van der Waals surface area contributed by atoms with Crippen LogP contribution in [0.4, 0.5) is 5.69 Å². The standard InChI is InChI=1S/C13H16N2S.C3H6O2/c1-2-3-12-13(16-9-15-12)8-10-4-6-11(14)7-5-10;1-2-3(4)5/h4-7,9H,2-3,8,14H2,1H3;2H2,1H3,(H,4,5). The number of hydrogen-bond acceptors (Lipinski definition) is 4. The maximum atomic E-state index is 9.37. The molecule has 1 aromatic heterocycles. The molecule has 1 aromatic carbocycles. The number of aliphatic carboxylic acids is 1. The molecule has 4 nitrogen and oxygen atoms in total. The van der Waals surface area contributed by atoms with E-state index < -0.39 is 5.97 Å². The zero-order valence-corrected chi connectivity index (χ0v) is 13.3. The van der Waals surface area contributed by atoms with Crippen molar-refractivity contribution in [2.45, 2.75) is 39.5 Å². The number of carbonyl (C=O) groups is 1. The summed E-state index contributed by atoms with van der Waals surface area (Å²) in [7, 11) is 0. The highest BCUT2D eigenvalue weighted by molar-refractivity contribution is 7.09. The number of nitrogens with zero attached hydrogens (tertiary/aromatic N) is 1. The number of aromatic nitrogens is 1. The summed E-state index contributed by atoms with van der Waals surface area (Å²) < 4.78 is 0. The highest BCUT2D eigenvalue weighted by Gasteiger charge is 2.05. The third kappa shape index (κ3) is 6.40. The van der Waals surface area contributed by atoms with Crippen LogP contribution in [0.2, 0.25) is 0 Å². The summed E-state index contributed by atoms with van der Waals surface area (Å²) in [5.41, 5.74) is 11.0. The molecule has 2 rings (SSSR count). The Morgan fingerprint density at radius 1 is 1.29 bits per heavy atom. The molecule has 3 N–H and O–H groups in total. The average Bonchev–Trinajstić information content (AvgIpc) is 2.90. The molecule has 0 aliphatic carbocycles. The fourth-order valence-corrected chi connectivity index (χ4v) is 2.55. The Morgan fingerprint density at radius 3 is 2.43 bits per heavy atom. The largest absolute Gasteiger partial charge is 0.481 e. The maximum Gasteiger partial charge on any atom is 0.303 e. The number of nitrogens with two attached hydrogens (primary N) is 1. The molecule has 114 valence electrons. The number of nitrogen functional groups attached to an aromatic ring is 1. The quantitative estimate of drug-likeness (QED) is 0.825. The highest BCUT2D eigenvalue weighted by Crippen LogP contribution is 2.20. The number of rotatable bonds is 5. The first-order chi connectivity index (χ1) is 10.1. The van der Waals surface area contributed by atoms with Gasteiger partial charge in [0.05, 0.1) is 11.2 Å². The van der Waals surface area contributed by atoms with Gasteiger partial charge in [0.2, 0.25) is 0 Å². The molecule has 0 spiro atoms. The van der Waals surface area contributed by atoms with Crippen molar-refractivity contribution in [3.8, 4) is 0 Å². The van der Waals surface area contributed by atoms with Gasteiger partial charge in [0.25, 0.3) is 0 Å². The average molecular weight is 306 g/mol. The molecular formula is C16H22N2O2S. The second-order valence-electron chi connectivity index (χ2n) is 4.64. The molecule has 0 amide bonds. The van der Waals surface area contributed by atoms with E-state index in [1.807, 2.05) is 17.6 Å². The van der Waals surface area contributed by atoms with E-state index in [0.717, 1.165) is 24.9 Å². The second-order valence-corrected chi connectivity index (χ2v) is 5.58. The van der Waals surface area contributed by atoms with Crippen molar-refractivity contribution in [1.82, 2.24) is 4.98 Å². The van der Waals surface area contributed by atoms with Gasteiger partial charge in [0, 0.05) is 23.4 Å². The van der Waals surface area contributed by atoms with Crippen molar-refractivity contribution in [3.63, 3.8) is 0 Å². The molecule has 2 aromatic rings. The van der Waals surface area contributed by atoms with E-state index >= 15 is 0 Å². The lowest BCUT2D eigenvalue weighted by Gasteiger charge is -2.02. The van der Waals surface area contributed by atoms with E-state index in [-0.39, 0.29) is 6.42 Å². The molecule has 0 atom stereocenters. The SMILES string of the molecule is CCC(=O)O.CCCc1ncsc1Cc1ccc(N)cc1. The lowest BCUT2D eigenvalue weighted by Crippen LogP contribution is -1.93. The van der Waals surface area contributed by atoms with E-state index in [1.165, 1.54) is 16.1 Å². The van der Waals surface area contributed by atoms with Crippen molar-refractivity contribution in [3.05, 3.63) is 45.9 Å². The van der Waals surface area contributed by atoms with Crippen LogP contribution < -0.4 is 5.73 Å². The summed E-state index contributed by atoms with van der Waals surface area (Å²) in [6.45, 7) is 3.79. The smallest absolute Gasteiger partial charge is 0.303 e. The van der Waals surface area contributed by atoms with Crippen LogP contribution in [-0.4, -0.2) is 16.1 Å². The van der Waals surface area contributed by atoms with E-state index in [4.69, 9.17) is 10.8 Å². The van der Waals surface area contributed by atoms with Gasteiger partial charge in [-0.15, -0.1) is 11.3 Å². The van der Waals surface area contributed by atoms with Crippen LogP contribution in [0.1, 0.15) is 42.8 Å². The van der Waals surface area contributed by atoms with Crippen LogP contribution in [0.3, 0.4) is 0 Å². The maximum absolute atomic E-state index is 9.37. The van der Waals surface area contributed by atoms with Gasteiger partial charge in [0.15, 0.2) is 0 Å². The Bertz CT molecular complexity index is 550. The van der Waals surface area contributed by atoms with Crippen LogP contribution in [-0.2, 0) is 17.6 Å². The first-order valence-electron chi connectivity index (χ1n) is 7.04. The highest BCUT2D eigenvalue weighted by atomic mass is 32.1. The van der Waals surface area contributed by atoms with Gasteiger partial charge in [0.1, 0.15) is 0 Å². The van der Waals surface area contributed by atoms with Crippen molar-refractivity contribution >= 4 is 23.0 Å². The minimum absolute atomic E-state index is 0.222. The van der Waals surface area contributed by atoms with Crippen LogP contribution >= 0.6 is 11.3 Å². The number of carboxylic acid groups (broad SMARTS) is 1. The van der Waals surface area contributed by atoms with Crippen LogP contribution in [0.25, 0.3) is 0 Å². The zero-order chi connectivity index (χ0) is 15.7. The molecule has 0 radical (unpaired) electrons. The van der Waals surface area contributed by atoms with E-state index in [0.29, 0.717) is 0 Å². The summed E-state index contributed by atoms with van der Waals surface area (Å²) in [6.07, 6.45) is 3.42. The molecular weight excluding hydrogens is 284 g/mol. The summed E-state index contributed by atoms with van der Waals surface area (Å²) in [6, 6.07) is 8.08. The molecule has 0 unspecified atom stereocenters. The Hall–Kier alpha value is -1.88. The summed E-state index contributed by atoms with van der Waals surface area (Å²) in [4.78, 5) is 15.2. The lowest BCUT2D eigenvalue weighted by molar-refractivity contribution is -0.136. The Balaban J connectivity index is 0.000000383. The number of anilines is 1.